The van der Waals surface area contributed by atoms with Gasteiger partial charge in [-0.2, -0.15) is 4.98 Å². The van der Waals surface area contributed by atoms with Crippen molar-refractivity contribution in [2.75, 3.05) is 6.54 Å². The van der Waals surface area contributed by atoms with Gasteiger partial charge in [-0.25, -0.2) is 0 Å². The van der Waals surface area contributed by atoms with Gasteiger partial charge in [-0.05, 0) is 25.5 Å². The predicted octanol–water partition coefficient (Wildman–Crippen LogP) is 2.02. The Balaban J connectivity index is 1.73. The fourth-order valence-electron chi connectivity index (χ4n) is 1.71. The van der Waals surface area contributed by atoms with E-state index in [1.54, 1.807) is 6.92 Å². The SMILES string of the molecule is Cc1cccc(CCNCc2noc(C)n2)c1. The van der Waals surface area contributed by atoms with Crippen molar-refractivity contribution in [3.63, 3.8) is 0 Å². The Morgan fingerprint density at radius 3 is 2.88 bits per heavy atom. The van der Waals surface area contributed by atoms with E-state index in [0.29, 0.717) is 18.3 Å². The van der Waals surface area contributed by atoms with E-state index >= 15 is 0 Å². The molecule has 0 saturated heterocycles. The van der Waals surface area contributed by atoms with Gasteiger partial charge >= 0.3 is 0 Å². The summed E-state index contributed by atoms with van der Waals surface area (Å²) in [5, 5.41) is 7.12. The Bertz CT molecular complexity index is 479. The second kappa shape index (κ2) is 5.59. The van der Waals surface area contributed by atoms with Gasteiger partial charge in [-0.1, -0.05) is 35.0 Å². The van der Waals surface area contributed by atoms with Gasteiger partial charge in [-0.3, -0.25) is 0 Å². The van der Waals surface area contributed by atoms with Crippen molar-refractivity contribution in [1.29, 1.82) is 0 Å². The maximum absolute atomic E-state index is 4.89. The zero-order chi connectivity index (χ0) is 12.1. The summed E-state index contributed by atoms with van der Waals surface area (Å²) < 4.78 is 4.89. The number of rotatable bonds is 5. The summed E-state index contributed by atoms with van der Waals surface area (Å²) in [6, 6.07) is 8.56. The Kier molecular flexibility index (Phi) is 3.88. The van der Waals surface area contributed by atoms with Crippen molar-refractivity contribution >= 4 is 0 Å². The van der Waals surface area contributed by atoms with Crippen LogP contribution in [0.3, 0.4) is 0 Å². The summed E-state index contributed by atoms with van der Waals surface area (Å²) in [5.74, 6) is 1.33. The first kappa shape index (κ1) is 11.8. The van der Waals surface area contributed by atoms with Crippen LogP contribution in [0.4, 0.5) is 0 Å². The van der Waals surface area contributed by atoms with Gasteiger partial charge in [0.1, 0.15) is 0 Å². The fourth-order valence-corrected chi connectivity index (χ4v) is 1.71. The molecule has 0 bridgehead atoms. The normalized spacial score (nSPS) is 10.7. The predicted molar refractivity (Wildman–Crippen MR) is 65.6 cm³/mol. The first-order valence-electron chi connectivity index (χ1n) is 5.79. The standard InChI is InChI=1S/C13H17N3O/c1-10-4-3-5-12(8-10)6-7-14-9-13-15-11(2)17-16-13/h3-5,8,14H,6-7,9H2,1-2H3. The molecule has 1 aromatic carbocycles. The summed E-state index contributed by atoms with van der Waals surface area (Å²) in [6.45, 7) is 5.47. The summed E-state index contributed by atoms with van der Waals surface area (Å²) in [4.78, 5) is 4.13. The fraction of sp³-hybridized carbons (Fsp3) is 0.385. The van der Waals surface area contributed by atoms with Crippen molar-refractivity contribution in [2.45, 2.75) is 26.8 Å². The van der Waals surface area contributed by atoms with E-state index in [1.807, 2.05) is 0 Å². The molecule has 1 N–H and O–H groups in total. The Morgan fingerprint density at radius 1 is 1.29 bits per heavy atom. The van der Waals surface area contributed by atoms with Gasteiger partial charge < -0.3 is 9.84 Å². The third kappa shape index (κ3) is 3.67. The van der Waals surface area contributed by atoms with E-state index in [9.17, 15) is 0 Å². The number of hydrogen-bond acceptors (Lipinski definition) is 4. The number of hydrogen-bond donors (Lipinski definition) is 1. The topological polar surface area (TPSA) is 51.0 Å². The Morgan fingerprint density at radius 2 is 2.18 bits per heavy atom. The molecule has 0 fully saturated rings. The summed E-state index contributed by atoms with van der Waals surface area (Å²) in [5.41, 5.74) is 2.65. The number of benzene rings is 1. The molecule has 0 aliphatic rings. The van der Waals surface area contributed by atoms with E-state index in [2.05, 4.69) is 46.6 Å². The minimum absolute atomic E-state index is 0.612. The molecule has 0 amide bonds. The average Bonchev–Trinajstić information content (AvgIpc) is 2.71. The van der Waals surface area contributed by atoms with Crippen molar-refractivity contribution in [3.05, 3.63) is 47.1 Å². The van der Waals surface area contributed by atoms with Crippen molar-refractivity contribution < 1.29 is 4.52 Å². The molecule has 0 unspecified atom stereocenters. The molecule has 0 saturated carbocycles. The van der Waals surface area contributed by atoms with Crippen LogP contribution in [0.15, 0.2) is 28.8 Å². The van der Waals surface area contributed by atoms with Gasteiger partial charge in [0.05, 0.1) is 6.54 Å². The lowest BCUT2D eigenvalue weighted by molar-refractivity contribution is 0.385. The van der Waals surface area contributed by atoms with Crippen LogP contribution in [0, 0.1) is 13.8 Å². The van der Waals surface area contributed by atoms with Crippen LogP contribution in [0.25, 0.3) is 0 Å². The third-order valence-corrected chi connectivity index (χ3v) is 2.53. The molecule has 1 heterocycles. The van der Waals surface area contributed by atoms with Crippen LogP contribution in [0.2, 0.25) is 0 Å². The van der Waals surface area contributed by atoms with Gasteiger partial charge in [-0.15, -0.1) is 0 Å². The maximum atomic E-state index is 4.89. The zero-order valence-electron chi connectivity index (χ0n) is 10.2. The first-order valence-corrected chi connectivity index (χ1v) is 5.79. The minimum atomic E-state index is 0.612. The molecule has 4 heteroatoms. The second-order valence-electron chi connectivity index (χ2n) is 4.15. The molecule has 2 rings (SSSR count). The second-order valence-corrected chi connectivity index (χ2v) is 4.15. The maximum Gasteiger partial charge on any atom is 0.223 e. The molecule has 0 aliphatic carbocycles. The van der Waals surface area contributed by atoms with Crippen LogP contribution in [0.5, 0.6) is 0 Å². The minimum Gasteiger partial charge on any atom is -0.340 e. The Hall–Kier alpha value is -1.68. The van der Waals surface area contributed by atoms with Crippen LogP contribution >= 0.6 is 0 Å². The van der Waals surface area contributed by atoms with Crippen LogP contribution in [-0.4, -0.2) is 16.7 Å². The molecule has 0 radical (unpaired) electrons. The molecule has 2 aromatic rings. The van der Waals surface area contributed by atoms with Gasteiger partial charge in [0.15, 0.2) is 5.82 Å². The molecule has 0 atom stereocenters. The van der Waals surface area contributed by atoms with Gasteiger partial charge in [0.2, 0.25) is 5.89 Å². The van der Waals surface area contributed by atoms with E-state index in [1.165, 1.54) is 11.1 Å². The molecule has 0 spiro atoms. The van der Waals surface area contributed by atoms with E-state index < -0.39 is 0 Å². The number of nitrogens with zero attached hydrogens (tertiary/aromatic N) is 2. The highest BCUT2D eigenvalue weighted by Gasteiger charge is 2.00. The lowest BCUT2D eigenvalue weighted by Gasteiger charge is -2.03. The van der Waals surface area contributed by atoms with Gasteiger partial charge in [0, 0.05) is 6.92 Å². The molecule has 1 aromatic heterocycles. The van der Waals surface area contributed by atoms with E-state index in [4.69, 9.17) is 4.52 Å². The number of aromatic nitrogens is 2. The van der Waals surface area contributed by atoms with Crippen molar-refractivity contribution in [2.24, 2.45) is 0 Å². The zero-order valence-corrected chi connectivity index (χ0v) is 10.2. The highest BCUT2D eigenvalue weighted by molar-refractivity contribution is 5.22. The summed E-state index contributed by atoms with van der Waals surface area (Å²) in [7, 11) is 0. The lowest BCUT2D eigenvalue weighted by atomic mass is 10.1. The Labute approximate surface area is 101 Å². The van der Waals surface area contributed by atoms with E-state index in [0.717, 1.165) is 13.0 Å². The molecule has 4 nitrogen and oxygen atoms in total. The number of aryl methyl sites for hydroxylation is 2. The quantitative estimate of drug-likeness (QED) is 0.800. The highest BCUT2D eigenvalue weighted by atomic mass is 16.5. The monoisotopic (exact) mass is 231 g/mol. The average molecular weight is 231 g/mol. The number of nitrogens with one attached hydrogen (secondary N) is 1. The summed E-state index contributed by atoms with van der Waals surface area (Å²) >= 11 is 0. The molecular weight excluding hydrogens is 214 g/mol. The third-order valence-electron chi connectivity index (χ3n) is 2.53. The molecule has 90 valence electrons. The summed E-state index contributed by atoms with van der Waals surface area (Å²) in [6.07, 6.45) is 1.01. The van der Waals surface area contributed by atoms with Gasteiger partial charge in [0.25, 0.3) is 0 Å². The van der Waals surface area contributed by atoms with Crippen LogP contribution < -0.4 is 5.32 Å². The van der Waals surface area contributed by atoms with E-state index in [-0.39, 0.29) is 0 Å². The first-order chi connectivity index (χ1) is 8.24. The van der Waals surface area contributed by atoms with Crippen molar-refractivity contribution in [3.8, 4) is 0 Å². The molecule has 17 heavy (non-hydrogen) atoms. The van der Waals surface area contributed by atoms with Crippen LogP contribution in [-0.2, 0) is 13.0 Å². The molecular formula is C13H17N3O. The van der Waals surface area contributed by atoms with Crippen LogP contribution in [0.1, 0.15) is 22.8 Å². The lowest BCUT2D eigenvalue weighted by Crippen LogP contribution is -2.17. The largest absolute Gasteiger partial charge is 0.340 e. The molecule has 0 aliphatic heterocycles. The van der Waals surface area contributed by atoms with Crippen molar-refractivity contribution in [1.82, 2.24) is 15.5 Å². The highest BCUT2D eigenvalue weighted by Crippen LogP contribution is 2.04. The smallest absolute Gasteiger partial charge is 0.223 e.